The first-order valence-corrected chi connectivity index (χ1v) is 3.67. The van der Waals surface area contributed by atoms with Gasteiger partial charge in [0.25, 0.3) is 0 Å². The van der Waals surface area contributed by atoms with Gasteiger partial charge in [-0.05, 0) is 6.92 Å². The van der Waals surface area contributed by atoms with Gasteiger partial charge in [-0.15, -0.1) is 0 Å². The van der Waals surface area contributed by atoms with Gasteiger partial charge in [0.05, 0.1) is 13.2 Å². The summed E-state index contributed by atoms with van der Waals surface area (Å²) in [5.41, 5.74) is -0.663. The lowest BCUT2D eigenvalue weighted by atomic mass is 10.1. The third kappa shape index (κ3) is 2.32. The van der Waals surface area contributed by atoms with Crippen molar-refractivity contribution in [3.63, 3.8) is 0 Å². The topological polar surface area (TPSA) is 44.8 Å². The fourth-order valence-electron chi connectivity index (χ4n) is 0.959. The van der Waals surface area contributed by atoms with Crippen molar-refractivity contribution in [3.05, 3.63) is 12.7 Å². The summed E-state index contributed by atoms with van der Waals surface area (Å²) in [6.45, 7) is 6.06. The number of carbonyl (C=O) groups excluding carboxylic acids is 1. The van der Waals surface area contributed by atoms with Crippen molar-refractivity contribution in [2.45, 2.75) is 12.5 Å². The molecule has 68 valence electrons. The maximum atomic E-state index is 10.8. The van der Waals surface area contributed by atoms with Gasteiger partial charge in [-0.1, -0.05) is 6.58 Å². The zero-order valence-electron chi connectivity index (χ0n) is 7.04. The zero-order chi connectivity index (χ0) is 9.03. The Morgan fingerprint density at radius 3 is 2.67 bits per heavy atom. The monoisotopic (exact) mass is 172 g/mol. The highest BCUT2D eigenvalue weighted by molar-refractivity contribution is 5.81. The minimum Gasteiger partial charge on any atom is -0.451 e. The largest absolute Gasteiger partial charge is 0.451 e. The number of hydrogen-bond donors (Lipinski definition) is 0. The van der Waals surface area contributed by atoms with E-state index in [1.807, 2.05) is 0 Å². The molecule has 0 unspecified atom stereocenters. The van der Waals surface area contributed by atoms with Crippen LogP contribution in [-0.4, -0.2) is 31.6 Å². The number of hydrogen-bond acceptors (Lipinski definition) is 4. The Bertz CT molecular complexity index is 181. The van der Waals surface area contributed by atoms with Gasteiger partial charge < -0.3 is 14.2 Å². The van der Waals surface area contributed by atoms with Gasteiger partial charge in [0, 0.05) is 6.08 Å². The number of carbonyl (C=O) groups is 1. The van der Waals surface area contributed by atoms with E-state index in [0.29, 0.717) is 13.2 Å². The highest BCUT2D eigenvalue weighted by atomic mass is 16.7. The Labute approximate surface area is 71.1 Å². The van der Waals surface area contributed by atoms with Crippen molar-refractivity contribution in [2.24, 2.45) is 0 Å². The summed E-state index contributed by atoms with van der Waals surface area (Å²) in [4.78, 5) is 10.8. The highest BCUT2D eigenvalue weighted by Crippen LogP contribution is 2.16. The van der Waals surface area contributed by atoms with E-state index in [-0.39, 0.29) is 6.79 Å². The number of rotatable bonds is 2. The summed E-state index contributed by atoms with van der Waals surface area (Å²) in [5.74, 6) is -0.452. The SMILES string of the molecule is C=CC(=O)OC1(C)COCOC1. The molecule has 0 atom stereocenters. The second-order valence-electron chi connectivity index (χ2n) is 2.89. The first kappa shape index (κ1) is 9.22. The summed E-state index contributed by atoms with van der Waals surface area (Å²) >= 11 is 0. The van der Waals surface area contributed by atoms with Crippen LogP contribution < -0.4 is 0 Å². The molecule has 0 N–H and O–H groups in total. The molecule has 0 saturated carbocycles. The molecule has 0 aliphatic carbocycles. The van der Waals surface area contributed by atoms with Crippen LogP contribution in [-0.2, 0) is 19.0 Å². The van der Waals surface area contributed by atoms with E-state index in [1.54, 1.807) is 6.92 Å². The lowest BCUT2D eigenvalue weighted by Gasteiger charge is -2.32. The normalized spacial score (nSPS) is 21.4. The predicted octanol–water partition coefficient (Wildman–Crippen LogP) is 0.479. The summed E-state index contributed by atoms with van der Waals surface area (Å²) < 4.78 is 15.0. The molecule has 0 aromatic carbocycles. The summed E-state index contributed by atoms with van der Waals surface area (Å²) in [5, 5.41) is 0. The van der Waals surface area contributed by atoms with Crippen molar-refractivity contribution in [2.75, 3.05) is 20.0 Å². The van der Waals surface area contributed by atoms with Crippen molar-refractivity contribution < 1.29 is 19.0 Å². The molecule has 0 radical (unpaired) electrons. The maximum absolute atomic E-state index is 10.8. The van der Waals surface area contributed by atoms with Crippen LogP contribution in [0.3, 0.4) is 0 Å². The zero-order valence-corrected chi connectivity index (χ0v) is 7.04. The molecule has 0 aromatic rings. The Hall–Kier alpha value is -0.870. The number of ether oxygens (including phenoxy) is 3. The van der Waals surface area contributed by atoms with Crippen molar-refractivity contribution >= 4 is 5.97 Å². The predicted molar refractivity (Wildman–Crippen MR) is 41.5 cm³/mol. The second kappa shape index (κ2) is 3.69. The van der Waals surface area contributed by atoms with E-state index < -0.39 is 11.6 Å². The third-order valence-electron chi connectivity index (χ3n) is 1.50. The van der Waals surface area contributed by atoms with Crippen LogP contribution in [0.4, 0.5) is 0 Å². The van der Waals surface area contributed by atoms with E-state index >= 15 is 0 Å². The van der Waals surface area contributed by atoms with Crippen molar-refractivity contribution in [1.82, 2.24) is 0 Å². The molecule has 0 aromatic heterocycles. The smallest absolute Gasteiger partial charge is 0.330 e. The first-order chi connectivity index (χ1) is 5.66. The van der Waals surface area contributed by atoms with Crippen LogP contribution in [0.1, 0.15) is 6.92 Å². The van der Waals surface area contributed by atoms with Crippen LogP contribution in [0.15, 0.2) is 12.7 Å². The first-order valence-electron chi connectivity index (χ1n) is 3.67. The second-order valence-corrected chi connectivity index (χ2v) is 2.89. The van der Waals surface area contributed by atoms with E-state index in [4.69, 9.17) is 14.2 Å². The average Bonchev–Trinajstić information content (AvgIpc) is 2.05. The Morgan fingerprint density at radius 1 is 1.58 bits per heavy atom. The van der Waals surface area contributed by atoms with E-state index in [9.17, 15) is 4.79 Å². The molecule has 4 heteroatoms. The van der Waals surface area contributed by atoms with E-state index in [0.717, 1.165) is 6.08 Å². The van der Waals surface area contributed by atoms with Crippen LogP contribution >= 0.6 is 0 Å². The minimum absolute atomic E-state index is 0.265. The quantitative estimate of drug-likeness (QED) is 0.449. The highest BCUT2D eigenvalue weighted by Gasteiger charge is 2.31. The van der Waals surface area contributed by atoms with Gasteiger partial charge in [-0.25, -0.2) is 4.79 Å². The lowest BCUT2D eigenvalue weighted by molar-refractivity contribution is -0.211. The van der Waals surface area contributed by atoms with E-state index in [2.05, 4.69) is 6.58 Å². The molecule has 1 fully saturated rings. The van der Waals surface area contributed by atoms with Gasteiger partial charge in [0.2, 0.25) is 0 Å². The summed E-state index contributed by atoms with van der Waals surface area (Å²) in [6, 6.07) is 0. The molecular weight excluding hydrogens is 160 g/mol. The lowest BCUT2D eigenvalue weighted by Crippen LogP contribution is -2.44. The molecular formula is C8H12O4. The molecule has 1 aliphatic rings. The molecule has 1 aliphatic heterocycles. The molecule has 12 heavy (non-hydrogen) atoms. The molecule has 0 amide bonds. The van der Waals surface area contributed by atoms with Crippen molar-refractivity contribution in [3.8, 4) is 0 Å². The van der Waals surface area contributed by atoms with Gasteiger partial charge in [0.1, 0.15) is 6.79 Å². The Kier molecular flexibility index (Phi) is 2.83. The maximum Gasteiger partial charge on any atom is 0.330 e. The van der Waals surface area contributed by atoms with E-state index in [1.165, 1.54) is 0 Å². The average molecular weight is 172 g/mol. The van der Waals surface area contributed by atoms with Gasteiger partial charge in [-0.3, -0.25) is 0 Å². The Balaban J connectivity index is 2.46. The number of esters is 1. The molecule has 0 spiro atoms. The molecule has 4 nitrogen and oxygen atoms in total. The van der Waals surface area contributed by atoms with Gasteiger partial charge in [0.15, 0.2) is 5.60 Å². The molecule has 1 rings (SSSR count). The summed E-state index contributed by atoms with van der Waals surface area (Å²) in [7, 11) is 0. The fourth-order valence-corrected chi connectivity index (χ4v) is 0.959. The molecule has 0 bridgehead atoms. The summed E-state index contributed by atoms with van der Waals surface area (Å²) in [6.07, 6.45) is 1.12. The third-order valence-corrected chi connectivity index (χ3v) is 1.50. The minimum atomic E-state index is -0.663. The standard InChI is InChI=1S/C8H12O4/c1-3-7(9)12-8(2)4-10-6-11-5-8/h3H,1,4-6H2,2H3. The van der Waals surface area contributed by atoms with Crippen molar-refractivity contribution in [1.29, 1.82) is 0 Å². The van der Waals surface area contributed by atoms with Crippen LogP contribution in [0.2, 0.25) is 0 Å². The fraction of sp³-hybridized carbons (Fsp3) is 0.625. The van der Waals surface area contributed by atoms with Gasteiger partial charge >= 0.3 is 5.97 Å². The molecule has 1 heterocycles. The van der Waals surface area contributed by atoms with Crippen LogP contribution in [0, 0.1) is 0 Å². The van der Waals surface area contributed by atoms with Crippen LogP contribution in [0.25, 0.3) is 0 Å². The Morgan fingerprint density at radius 2 is 2.17 bits per heavy atom. The van der Waals surface area contributed by atoms with Gasteiger partial charge in [-0.2, -0.15) is 0 Å². The van der Waals surface area contributed by atoms with Crippen LogP contribution in [0.5, 0.6) is 0 Å². The molecule has 1 saturated heterocycles.